The van der Waals surface area contributed by atoms with E-state index >= 15 is 0 Å². The van der Waals surface area contributed by atoms with Gasteiger partial charge in [-0.1, -0.05) is 6.58 Å². The molecule has 0 heterocycles. The van der Waals surface area contributed by atoms with Crippen LogP contribution in [0.3, 0.4) is 0 Å². The third-order valence-corrected chi connectivity index (χ3v) is 6.47. The number of rotatable bonds is 6. The molecule has 0 atom stereocenters. The second kappa shape index (κ2) is 5.86. The minimum Gasteiger partial charge on any atom is -0.461 e. The van der Waals surface area contributed by atoms with E-state index in [1.807, 2.05) is 0 Å². The Morgan fingerprint density at radius 1 is 1.27 bits per heavy atom. The first-order valence-corrected chi connectivity index (χ1v) is 8.99. The van der Waals surface area contributed by atoms with Gasteiger partial charge in [0.05, 0.1) is 11.5 Å². The summed E-state index contributed by atoms with van der Waals surface area (Å²) in [6.07, 6.45) is -0.0660. The van der Waals surface area contributed by atoms with Crippen molar-refractivity contribution in [1.29, 1.82) is 0 Å². The Labute approximate surface area is 127 Å². The summed E-state index contributed by atoms with van der Waals surface area (Å²) >= 11 is 0. The number of hydrogen-bond acceptors (Lipinski definition) is 4. The van der Waals surface area contributed by atoms with Crippen molar-refractivity contribution in [3.63, 3.8) is 0 Å². The molecule has 0 aromatic rings. The Bertz CT molecular complexity index is 557. The monoisotopic (exact) mass is 340 g/mol. The predicted molar refractivity (Wildman–Crippen MR) is 73.8 cm³/mol. The largest absolute Gasteiger partial charge is 0.461 e. The lowest BCUT2D eigenvalue weighted by molar-refractivity contribution is -0.150. The van der Waals surface area contributed by atoms with E-state index in [1.54, 1.807) is 0 Å². The van der Waals surface area contributed by atoms with Gasteiger partial charge in [-0.15, -0.1) is 0 Å². The van der Waals surface area contributed by atoms with E-state index in [9.17, 15) is 26.4 Å². The van der Waals surface area contributed by atoms with E-state index in [0.29, 0.717) is 5.92 Å². The summed E-state index contributed by atoms with van der Waals surface area (Å²) in [5.41, 5.74) is -1.79. The van der Waals surface area contributed by atoms with Crippen molar-refractivity contribution in [2.75, 3.05) is 18.1 Å². The highest BCUT2D eigenvalue weighted by molar-refractivity contribution is 7.91. The van der Waals surface area contributed by atoms with E-state index in [2.05, 4.69) is 11.3 Å². The van der Waals surface area contributed by atoms with Crippen LogP contribution in [0.2, 0.25) is 0 Å². The second-order valence-electron chi connectivity index (χ2n) is 6.35. The van der Waals surface area contributed by atoms with Crippen LogP contribution in [-0.2, 0) is 19.4 Å². The zero-order valence-electron chi connectivity index (χ0n) is 12.1. The molecule has 2 fully saturated rings. The van der Waals surface area contributed by atoms with Gasteiger partial charge in [0.1, 0.15) is 12.2 Å². The van der Waals surface area contributed by atoms with E-state index in [-0.39, 0.29) is 11.2 Å². The smallest absolute Gasteiger partial charge is 0.422 e. The van der Waals surface area contributed by atoms with Crippen molar-refractivity contribution in [2.45, 2.75) is 38.3 Å². The number of esters is 1. The molecule has 0 radical (unpaired) electrons. The highest BCUT2D eigenvalue weighted by atomic mass is 32.2. The molecule has 0 N–H and O–H groups in total. The fraction of sp³-hybridized carbons (Fsp3) is 0.786. The minimum atomic E-state index is -4.86. The molecule has 0 amide bonds. The molecule has 0 aliphatic heterocycles. The summed E-state index contributed by atoms with van der Waals surface area (Å²) in [4.78, 5) is 11.1. The molecule has 2 rings (SSSR count). The molecular formula is C14H19F3O4S. The Balaban J connectivity index is 1.81. The quantitative estimate of drug-likeness (QED) is 0.551. The molecule has 2 bridgehead atoms. The first-order chi connectivity index (χ1) is 10.0. The lowest BCUT2D eigenvalue weighted by Gasteiger charge is -2.25. The van der Waals surface area contributed by atoms with Crippen LogP contribution >= 0.6 is 0 Å². The summed E-state index contributed by atoms with van der Waals surface area (Å²) in [5, 5.41) is 0. The molecule has 0 spiro atoms. The molecule has 0 unspecified atom stereocenters. The molecule has 0 aromatic heterocycles. The van der Waals surface area contributed by atoms with Crippen LogP contribution < -0.4 is 0 Å². The van der Waals surface area contributed by atoms with Gasteiger partial charge in [-0.05, 0) is 43.4 Å². The molecule has 2 aliphatic rings. The van der Waals surface area contributed by atoms with Gasteiger partial charge in [-0.3, -0.25) is 0 Å². The Morgan fingerprint density at radius 2 is 1.86 bits per heavy atom. The number of alkyl halides is 3. The number of sulfone groups is 1. The lowest BCUT2D eigenvalue weighted by atomic mass is 9.87. The predicted octanol–water partition coefficient (Wildman–Crippen LogP) is 2.64. The summed E-state index contributed by atoms with van der Waals surface area (Å²) in [6.45, 7) is 2.03. The minimum absolute atomic E-state index is 0.0360. The van der Waals surface area contributed by atoms with Gasteiger partial charge < -0.3 is 4.74 Å². The van der Waals surface area contributed by atoms with Gasteiger partial charge in [0.25, 0.3) is 0 Å². The molecule has 22 heavy (non-hydrogen) atoms. The third-order valence-electron chi connectivity index (χ3n) is 4.63. The Morgan fingerprint density at radius 3 is 2.32 bits per heavy atom. The van der Waals surface area contributed by atoms with E-state index in [0.717, 1.165) is 32.1 Å². The van der Waals surface area contributed by atoms with Gasteiger partial charge in [-0.25, -0.2) is 13.2 Å². The fourth-order valence-electron chi connectivity index (χ4n) is 3.52. The third kappa shape index (κ3) is 4.02. The first kappa shape index (κ1) is 17.3. The molecule has 8 heteroatoms. The molecule has 126 valence electrons. The average Bonchev–Trinajstić information content (AvgIpc) is 2.95. The zero-order valence-corrected chi connectivity index (χ0v) is 12.9. The first-order valence-electron chi connectivity index (χ1n) is 7.17. The van der Waals surface area contributed by atoms with Crippen LogP contribution in [0, 0.1) is 11.3 Å². The standard InChI is InChI=1S/C14H19F3O4S/c1-10(14(15,16)17)12(18)21-6-7-22(19,20)9-13-4-2-11(8-13)3-5-13/h11H,1-9H2. The number of fused-ring (bicyclic) bond motifs is 2. The van der Waals surface area contributed by atoms with Crippen LogP contribution in [0.15, 0.2) is 12.2 Å². The van der Waals surface area contributed by atoms with Crippen LogP contribution in [0.1, 0.15) is 32.1 Å². The summed E-state index contributed by atoms with van der Waals surface area (Å²) in [6, 6.07) is 0. The number of carbonyl (C=O) groups excluding carboxylic acids is 1. The van der Waals surface area contributed by atoms with Gasteiger partial charge in [0.15, 0.2) is 9.84 Å². The zero-order chi connectivity index (χ0) is 16.6. The van der Waals surface area contributed by atoms with Gasteiger partial charge >= 0.3 is 12.1 Å². The number of ether oxygens (including phenoxy) is 1. The van der Waals surface area contributed by atoms with Gasteiger partial charge in [0.2, 0.25) is 0 Å². The van der Waals surface area contributed by atoms with E-state index in [1.165, 1.54) is 0 Å². The Kier molecular flexibility index (Phi) is 4.61. The molecule has 2 saturated carbocycles. The molecule has 0 aromatic carbocycles. The van der Waals surface area contributed by atoms with Crippen molar-refractivity contribution in [2.24, 2.45) is 11.3 Å². The number of halogens is 3. The van der Waals surface area contributed by atoms with Crippen molar-refractivity contribution < 1.29 is 31.1 Å². The van der Waals surface area contributed by atoms with Gasteiger partial charge in [0, 0.05) is 0 Å². The maximum Gasteiger partial charge on any atom is 0.422 e. The van der Waals surface area contributed by atoms with Crippen molar-refractivity contribution in [3.05, 3.63) is 12.2 Å². The maximum atomic E-state index is 12.2. The van der Waals surface area contributed by atoms with E-state index < -0.39 is 39.9 Å². The molecular weight excluding hydrogens is 321 g/mol. The van der Waals surface area contributed by atoms with Crippen molar-refractivity contribution >= 4 is 15.8 Å². The lowest BCUT2D eigenvalue weighted by Crippen LogP contribution is -2.29. The fourth-order valence-corrected chi connectivity index (χ4v) is 5.34. The van der Waals surface area contributed by atoms with Crippen molar-refractivity contribution in [3.8, 4) is 0 Å². The molecule has 2 aliphatic carbocycles. The highest BCUT2D eigenvalue weighted by Crippen LogP contribution is 2.54. The summed E-state index contributed by atoms with van der Waals surface area (Å²) < 4.78 is 65.2. The topological polar surface area (TPSA) is 60.4 Å². The van der Waals surface area contributed by atoms with Crippen LogP contribution in [0.4, 0.5) is 13.2 Å². The van der Waals surface area contributed by atoms with E-state index in [4.69, 9.17) is 0 Å². The molecule has 0 saturated heterocycles. The highest BCUT2D eigenvalue weighted by Gasteiger charge is 2.47. The Hall–Kier alpha value is -1.05. The van der Waals surface area contributed by atoms with Crippen molar-refractivity contribution in [1.82, 2.24) is 0 Å². The molecule has 4 nitrogen and oxygen atoms in total. The second-order valence-corrected chi connectivity index (χ2v) is 8.54. The summed E-state index contributed by atoms with van der Waals surface area (Å²) in [5.74, 6) is -1.42. The number of hydrogen-bond donors (Lipinski definition) is 0. The van der Waals surface area contributed by atoms with Crippen LogP contribution in [0.25, 0.3) is 0 Å². The van der Waals surface area contributed by atoms with Crippen LogP contribution in [0.5, 0.6) is 0 Å². The van der Waals surface area contributed by atoms with Gasteiger partial charge in [-0.2, -0.15) is 13.2 Å². The summed E-state index contributed by atoms with van der Waals surface area (Å²) in [7, 11) is -3.45. The average molecular weight is 340 g/mol. The maximum absolute atomic E-state index is 12.2. The normalized spacial score (nSPS) is 27.9. The van der Waals surface area contributed by atoms with Crippen LogP contribution in [-0.4, -0.2) is 38.7 Å². The SMILES string of the molecule is C=C(C(=O)OCCS(=O)(=O)CC12CCC(CC1)C2)C(F)(F)F. The number of carbonyl (C=O) groups is 1.